The number of nitrogens with zero attached hydrogens (tertiary/aromatic N) is 1. The third-order valence-corrected chi connectivity index (χ3v) is 4.84. The van der Waals surface area contributed by atoms with Crippen LogP contribution in [0.5, 0.6) is 0 Å². The molecular formula is C17H25N. The Balaban J connectivity index is 1.87. The first-order valence-corrected chi connectivity index (χ1v) is 7.51. The molecule has 1 saturated carbocycles. The molecule has 1 aromatic rings. The topological polar surface area (TPSA) is 3.24 Å². The van der Waals surface area contributed by atoms with Gasteiger partial charge in [0.2, 0.25) is 0 Å². The first-order chi connectivity index (χ1) is 8.65. The van der Waals surface area contributed by atoms with Crippen molar-refractivity contribution < 1.29 is 0 Å². The van der Waals surface area contributed by atoms with E-state index in [4.69, 9.17) is 0 Å². The summed E-state index contributed by atoms with van der Waals surface area (Å²) in [5, 5.41) is 0. The van der Waals surface area contributed by atoms with E-state index >= 15 is 0 Å². The number of aryl methyl sites for hydroxylation is 1. The maximum absolute atomic E-state index is 2.71. The van der Waals surface area contributed by atoms with Crippen LogP contribution in [0.2, 0.25) is 0 Å². The van der Waals surface area contributed by atoms with E-state index in [1.807, 2.05) is 0 Å². The van der Waals surface area contributed by atoms with Gasteiger partial charge in [0, 0.05) is 19.1 Å². The molecule has 0 atom stereocenters. The monoisotopic (exact) mass is 243 g/mol. The SMILES string of the molecule is Cc1cc2c(cc1C(C)C)CN(C1CCC1)CC2. The van der Waals surface area contributed by atoms with Crippen LogP contribution in [0.1, 0.15) is 61.3 Å². The highest BCUT2D eigenvalue weighted by atomic mass is 15.2. The van der Waals surface area contributed by atoms with E-state index in [2.05, 4.69) is 37.8 Å². The molecule has 1 heteroatoms. The van der Waals surface area contributed by atoms with E-state index in [0.29, 0.717) is 5.92 Å². The Morgan fingerprint density at radius 3 is 2.56 bits per heavy atom. The molecule has 1 aliphatic heterocycles. The summed E-state index contributed by atoms with van der Waals surface area (Å²) in [6, 6.07) is 5.82. The molecule has 3 rings (SSSR count). The van der Waals surface area contributed by atoms with Crippen LogP contribution in [0.25, 0.3) is 0 Å². The van der Waals surface area contributed by atoms with E-state index in [1.54, 1.807) is 16.7 Å². The van der Waals surface area contributed by atoms with Crippen molar-refractivity contribution in [1.29, 1.82) is 0 Å². The second kappa shape index (κ2) is 4.70. The number of hydrogen-bond acceptors (Lipinski definition) is 1. The highest BCUT2D eigenvalue weighted by Crippen LogP contribution is 2.32. The minimum atomic E-state index is 0.648. The van der Waals surface area contributed by atoms with Gasteiger partial charge in [0.25, 0.3) is 0 Å². The van der Waals surface area contributed by atoms with E-state index in [1.165, 1.54) is 44.3 Å². The Bertz CT molecular complexity index is 443. The molecule has 0 radical (unpaired) electrons. The van der Waals surface area contributed by atoms with Crippen molar-refractivity contribution >= 4 is 0 Å². The summed E-state index contributed by atoms with van der Waals surface area (Å²) < 4.78 is 0. The van der Waals surface area contributed by atoms with Gasteiger partial charge < -0.3 is 0 Å². The summed E-state index contributed by atoms with van der Waals surface area (Å²) in [5.41, 5.74) is 6.24. The molecule has 0 N–H and O–H groups in total. The summed E-state index contributed by atoms with van der Waals surface area (Å²) >= 11 is 0. The molecule has 0 amide bonds. The van der Waals surface area contributed by atoms with Gasteiger partial charge in [-0.1, -0.05) is 32.4 Å². The van der Waals surface area contributed by atoms with E-state index < -0.39 is 0 Å². The molecule has 0 unspecified atom stereocenters. The second-order valence-electron chi connectivity index (χ2n) is 6.44. The molecule has 1 aromatic carbocycles. The standard InChI is InChI=1S/C17H25N/c1-12(2)17-10-15-11-18(16-5-4-6-16)8-7-14(15)9-13(17)3/h9-10,12,16H,4-8,11H2,1-3H3. The third-order valence-electron chi connectivity index (χ3n) is 4.84. The maximum Gasteiger partial charge on any atom is 0.0239 e. The van der Waals surface area contributed by atoms with Crippen LogP contribution in [0, 0.1) is 6.92 Å². The van der Waals surface area contributed by atoms with Gasteiger partial charge >= 0.3 is 0 Å². The minimum absolute atomic E-state index is 0.648. The predicted molar refractivity (Wildman–Crippen MR) is 77.0 cm³/mol. The second-order valence-corrected chi connectivity index (χ2v) is 6.44. The number of benzene rings is 1. The van der Waals surface area contributed by atoms with E-state index in [-0.39, 0.29) is 0 Å². The first kappa shape index (κ1) is 12.2. The molecule has 0 bridgehead atoms. The normalized spacial score (nSPS) is 20.9. The van der Waals surface area contributed by atoms with Crippen molar-refractivity contribution in [2.45, 2.75) is 65.0 Å². The van der Waals surface area contributed by atoms with Gasteiger partial charge in [0.1, 0.15) is 0 Å². The quantitative estimate of drug-likeness (QED) is 0.758. The summed E-state index contributed by atoms with van der Waals surface area (Å²) in [6.07, 6.45) is 5.56. The van der Waals surface area contributed by atoms with Crippen molar-refractivity contribution in [3.05, 3.63) is 34.4 Å². The van der Waals surface area contributed by atoms with Gasteiger partial charge in [-0.05, 0) is 54.4 Å². The summed E-state index contributed by atoms with van der Waals surface area (Å²) in [4.78, 5) is 2.71. The van der Waals surface area contributed by atoms with Crippen LogP contribution in [-0.2, 0) is 13.0 Å². The molecule has 1 nitrogen and oxygen atoms in total. The van der Waals surface area contributed by atoms with Crippen molar-refractivity contribution in [2.75, 3.05) is 6.54 Å². The number of rotatable bonds is 2. The highest BCUT2D eigenvalue weighted by Gasteiger charge is 2.28. The van der Waals surface area contributed by atoms with Crippen molar-refractivity contribution in [1.82, 2.24) is 4.90 Å². The largest absolute Gasteiger partial charge is 0.296 e. The van der Waals surface area contributed by atoms with Crippen LogP contribution in [0.4, 0.5) is 0 Å². The van der Waals surface area contributed by atoms with E-state index in [9.17, 15) is 0 Å². The van der Waals surface area contributed by atoms with Gasteiger partial charge in [0.05, 0.1) is 0 Å². The lowest BCUT2D eigenvalue weighted by Crippen LogP contribution is -2.43. The molecule has 0 saturated heterocycles. The third kappa shape index (κ3) is 2.09. The minimum Gasteiger partial charge on any atom is -0.296 e. The maximum atomic E-state index is 2.71. The van der Waals surface area contributed by atoms with Gasteiger partial charge in [-0.2, -0.15) is 0 Å². The molecule has 1 fully saturated rings. The zero-order chi connectivity index (χ0) is 12.7. The predicted octanol–water partition coefficient (Wildman–Crippen LogP) is 4.03. The van der Waals surface area contributed by atoms with Crippen LogP contribution in [-0.4, -0.2) is 17.5 Å². The fourth-order valence-electron chi connectivity index (χ4n) is 3.46. The Morgan fingerprint density at radius 1 is 1.17 bits per heavy atom. The van der Waals surface area contributed by atoms with Crippen molar-refractivity contribution in [3.8, 4) is 0 Å². The van der Waals surface area contributed by atoms with Crippen molar-refractivity contribution in [2.24, 2.45) is 0 Å². The first-order valence-electron chi connectivity index (χ1n) is 7.51. The van der Waals surface area contributed by atoms with Crippen molar-refractivity contribution in [3.63, 3.8) is 0 Å². The summed E-state index contributed by atoms with van der Waals surface area (Å²) in [6.45, 7) is 9.36. The van der Waals surface area contributed by atoms with Gasteiger partial charge in [-0.15, -0.1) is 0 Å². The van der Waals surface area contributed by atoms with E-state index in [0.717, 1.165) is 6.04 Å². The van der Waals surface area contributed by atoms with Gasteiger partial charge in [-0.25, -0.2) is 0 Å². The molecule has 18 heavy (non-hydrogen) atoms. The lowest BCUT2D eigenvalue weighted by atomic mass is 9.86. The average Bonchev–Trinajstić information content (AvgIpc) is 2.26. The molecular weight excluding hydrogens is 218 g/mol. The Kier molecular flexibility index (Phi) is 3.19. The zero-order valence-corrected chi connectivity index (χ0v) is 12.0. The molecule has 1 aliphatic carbocycles. The lowest BCUT2D eigenvalue weighted by molar-refractivity contribution is 0.113. The van der Waals surface area contributed by atoms with Crippen LogP contribution >= 0.6 is 0 Å². The van der Waals surface area contributed by atoms with Crippen LogP contribution < -0.4 is 0 Å². The fraction of sp³-hybridized carbons (Fsp3) is 0.647. The molecule has 0 spiro atoms. The molecule has 98 valence electrons. The lowest BCUT2D eigenvalue weighted by Gasteiger charge is -2.40. The Morgan fingerprint density at radius 2 is 1.94 bits per heavy atom. The highest BCUT2D eigenvalue weighted by molar-refractivity contribution is 5.40. The molecule has 2 aliphatic rings. The van der Waals surface area contributed by atoms with Crippen LogP contribution in [0.15, 0.2) is 12.1 Å². The Hall–Kier alpha value is -0.820. The fourth-order valence-corrected chi connectivity index (χ4v) is 3.46. The summed E-state index contributed by atoms with van der Waals surface area (Å²) in [5.74, 6) is 0.648. The zero-order valence-electron chi connectivity index (χ0n) is 12.0. The van der Waals surface area contributed by atoms with Crippen LogP contribution in [0.3, 0.4) is 0 Å². The molecule has 1 heterocycles. The molecule has 0 aromatic heterocycles. The Labute approximate surface area is 111 Å². The van der Waals surface area contributed by atoms with Gasteiger partial charge in [-0.3, -0.25) is 4.90 Å². The number of fused-ring (bicyclic) bond motifs is 1. The number of hydrogen-bond donors (Lipinski definition) is 0. The summed E-state index contributed by atoms with van der Waals surface area (Å²) in [7, 11) is 0. The van der Waals surface area contributed by atoms with Gasteiger partial charge in [0.15, 0.2) is 0 Å². The smallest absolute Gasteiger partial charge is 0.0239 e. The average molecular weight is 243 g/mol.